The first-order valence-corrected chi connectivity index (χ1v) is 6.21. The molecule has 100 valence electrons. The molecule has 0 spiro atoms. The predicted octanol–water partition coefficient (Wildman–Crippen LogP) is 0.287. The van der Waals surface area contributed by atoms with Gasteiger partial charge in [0.1, 0.15) is 5.56 Å². The number of aromatic nitrogens is 2. The van der Waals surface area contributed by atoms with Crippen LogP contribution in [-0.4, -0.2) is 44.9 Å². The number of rotatable bonds is 3. The molecule has 0 saturated carbocycles. The Morgan fingerprint density at radius 2 is 2.39 bits per heavy atom. The lowest BCUT2D eigenvalue weighted by atomic mass is 9.94. The van der Waals surface area contributed by atoms with Crippen molar-refractivity contribution in [3.8, 4) is 0 Å². The van der Waals surface area contributed by atoms with Crippen LogP contribution in [0.1, 0.15) is 29.4 Å². The molecule has 0 bridgehead atoms. The molecule has 1 aliphatic heterocycles. The van der Waals surface area contributed by atoms with Gasteiger partial charge in [0.05, 0.1) is 11.9 Å². The van der Waals surface area contributed by atoms with Crippen molar-refractivity contribution >= 4 is 5.97 Å². The maximum Gasteiger partial charge on any atom is 0.339 e. The zero-order valence-electron chi connectivity index (χ0n) is 10.8. The van der Waals surface area contributed by atoms with Crippen molar-refractivity contribution in [3.05, 3.63) is 17.5 Å². The first kappa shape index (κ1) is 13.0. The highest BCUT2D eigenvalue weighted by Crippen LogP contribution is 2.19. The summed E-state index contributed by atoms with van der Waals surface area (Å²) in [6, 6.07) is 0.167. The minimum absolute atomic E-state index is 0.167. The van der Waals surface area contributed by atoms with Gasteiger partial charge in [-0.1, -0.05) is 6.92 Å². The van der Waals surface area contributed by atoms with E-state index in [2.05, 4.69) is 16.9 Å². The standard InChI is InChI=1S/C12H20N4O2/c1-8-3-4-16(6-10(8)13)7-11-9(12(17)18)5-14-15(11)2/h5,8,10H,3-4,6-7,13H2,1-2H3,(H,17,18). The van der Waals surface area contributed by atoms with Gasteiger partial charge in [-0.3, -0.25) is 9.58 Å². The number of nitrogens with two attached hydrogens (primary N) is 1. The van der Waals surface area contributed by atoms with Crippen molar-refractivity contribution in [1.82, 2.24) is 14.7 Å². The summed E-state index contributed by atoms with van der Waals surface area (Å²) in [5.41, 5.74) is 7.08. The smallest absolute Gasteiger partial charge is 0.339 e. The van der Waals surface area contributed by atoms with Crippen molar-refractivity contribution in [2.24, 2.45) is 18.7 Å². The molecule has 1 aliphatic rings. The van der Waals surface area contributed by atoms with Crippen molar-refractivity contribution in [3.63, 3.8) is 0 Å². The molecule has 2 heterocycles. The summed E-state index contributed by atoms with van der Waals surface area (Å²) in [4.78, 5) is 13.3. The molecule has 0 radical (unpaired) electrons. The number of likely N-dealkylation sites (tertiary alicyclic amines) is 1. The number of carboxylic acids is 1. The van der Waals surface area contributed by atoms with E-state index in [0.717, 1.165) is 25.2 Å². The second-order valence-electron chi connectivity index (χ2n) is 5.10. The molecule has 1 aromatic rings. The summed E-state index contributed by atoms with van der Waals surface area (Å²) in [5.74, 6) is -0.389. The van der Waals surface area contributed by atoms with Gasteiger partial charge < -0.3 is 10.8 Å². The van der Waals surface area contributed by atoms with E-state index in [1.165, 1.54) is 6.20 Å². The fourth-order valence-electron chi connectivity index (χ4n) is 2.35. The van der Waals surface area contributed by atoms with Crippen LogP contribution in [0.2, 0.25) is 0 Å². The third kappa shape index (κ3) is 2.54. The Kier molecular flexibility index (Phi) is 3.68. The first-order chi connectivity index (χ1) is 8.49. The van der Waals surface area contributed by atoms with Crippen LogP contribution in [0.5, 0.6) is 0 Å². The lowest BCUT2D eigenvalue weighted by Crippen LogP contribution is -2.47. The van der Waals surface area contributed by atoms with Gasteiger partial charge >= 0.3 is 5.97 Å². The number of hydrogen-bond acceptors (Lipinski definition) is 4. The molecular weight excluding hydrogens is 232 g/mol. The van der Waals surface area contributed by atoms with Crippen LogP contribution in [-0.2, 0) is 13.6 Å². The zero-order chi connectivity index (χ0) is 13.3. The summed E-state index contributed by atoms with van der Waals surface area (Å²) < 4.78 is 1.63. The molecule has 2 unspecified atom stereocenters. The highest BCUT2D eigenvalue weighted by molar-refractivity contribution is 5.88. The van der Waals surface area contributed by atoms with E-state index < -0.39 is 5.97 Å². The van der Waals surface area contributed by atoms with Gasteiger partial charge in [0, 0.05) is 26.2 Å². The molecule has 6 heteroatoms. The Morgan fingerprint density at radius 3 is 3.00 bits per heavy atom. The molecule has 6 nitrogen and oxygen atoms in total. The second-order valence-corrected chi connectivity index (χ2v) is 5.10. The third-order valence-electron chi connectivity index (χ3n) is 3.77. The van der Waals surface area contributed by atoms with E-state index in [1.807, 2.05) is 0 Å². The Morgan fingerprint density at radius 1 is 1.67 bits per heavy atom. The number of aryl methyl sites for hydroxylation is 1. The van der Waals surface area contributed by atoms with Crippen LogP contribution in [0.4, 0.5) is 0 Å². The van der Waals surface area contributed by atoms with E-state index in [9.17, 15) is 4.79 Å². The van der Waals surface area contributed by atoms with E-state index in [-0.39, 0.29) is 11.6 Å². The first-order valence-electron chi connectivity index (χ1n) is 6.21. The van der Waals surface area contributed by atoms with Gasteiger partial charge in [0.15, 0.2) is 0 Å². The Bertz CT molecular complexity index is 443. The summed E-state index contributed by atoms with van der Waals surface area (Å²) >= 11 is 0. The summed E-state index contributed by atoms with van der Waals surface area (Å²) in [6.07, 6.45) is 2.46. The Hall–Kier alpha value is -1.40. The van der Waals surface area contributed by atoms with Gasteiger partial charge in [-0.05, 0) is 18.9 Å². The number of piperidine rings is 1. The maximum absolute atomic E-state index is 11.1. The fourth-order valence-corrected chi connectivity index (χ4v) is 2.35. The molecule has 0 aliphatic carbocycles. The molecular formula is C12H20N4O2. The minimum Gasteiger partial charge on any atom is -0.478 e. The van der Waals surface area contributed by atoms with Gasteiger partial charge in [-0.15, -0.1) is 0 Å². The average molecular weight is 252 g/mol. The van der Waals surface area contributed by atoms with Crippen LogP contribution < -0.4 is 5.73 Å². The van der Waals surface area contributed by atoms with Crippen LogP contribution in [0.25, 0.3) is 0 Å². The van der Waals surface area contributed by atoms with Crippen molar-refractivity contribution in [2.75, 3.05) is 13.1 Å². The molecule has 1 aromatic heterocycles. The minimum atomic E-state index is -0.923. The van der Waals surface area contributed by atoms with E-state index in [4.69, 9.17) is 10.8 Å². The molecule has 1 saturated heterocycles. The van der Waals surface area contributed by atoms with E-state index in [1.54, 1.807) is 11.7 Å². The maximum atomic E-state index is 11.1. The quantitative estimate of drug-likeness (QED) is 0.807. The van der Waals surface area contributed by atoms with Crippen LogP contribution >= 0.6 is 0 Å². The van der Waals surface area contributed by atoms with E-state index in [0.29, 0.717) is 12.5 Å². The largest absolute Gasteiger partial charge is 0.478 e. The molecule has 3 N–H and O–H groups in total. The zero-order valence-corrected chi connectivity index (χ0v) is 10.8. The SMILES string of the molecule is CC1CCN(Cc2c(C(=O)O)cnn2C)CC1N. The van der Waals surface area contributed by atoms with Crippen LogP contribution in [0, 0.1) is 5.92 Å². The molecule has 1 fully saturated rings. The lowest BCUT2D eigenvalue weighted by molar-refractivity contribution is 0.0693. The van der Waals surface area contributed by atoms with E-state index >= 15 is 0 Å². The van der Waals surface area contributed by atoms with Gasteiger partial charge in [-0.2, -0.15) is 5.10 Å². The normalized spacial score (nSPS) is 25.3. The van der Waals surface area contributed by atoms with Gasteiger partial charge in [0.2, 0.25) is 0 Å². The molecule has 0 amide bonds. The highest BCUT2D eigenvalue weighted by atomic mass is 16.4. The van der Waals surface area contributed by atoms with Crippen LogP contribution in [0.15, 0.2) is 6.20 Å². The molecule has 2 atom stereocenters. The molecule has 2 rings (SSSR count). The number of aromatic carboxylic acids is 1. The van der Waals surface area contributed by atoms with Crippen molar-refractivity contribution in [2.45, 2.75) is 25.9 Å². The predicted molar refractivity (Wildman–Crippen MR) is 67.2 cm³/mol. The molecule has 0 aromatic carbocycles. The van der Waals surface area contributed by atoms with Gasteiger partial charge in [0.25, 0.3) is 0 Å². The second kappa shape index (κ2) is 5.07. The topological polar surface area (TPSA) is 84.4 Å². The summed E-state index contributed by atoms with van der Waals surface area (Å²) in [6.45, 7) is 4.53. The van der Waals surface area contributed by atoms with Gasteiger partial charge in [-0.25, -0.2) is 4.79 Å². The van der Waals surface area contributed by atoms with Crippen LogP contribution in [0.3, 0.4) is 0 Å². The monoisotopic (exact) mass is 252 g/mol. The highest BCUT2D eigenvalue weighted by Gasteiger charge is 2.25. The third-order valence-corrected chi connectivity index (χ3v) is 3.77. The van der Waals surface area contributed by atoms with Crippen molar-refractivity contribution < 1.29 is 9.90 Å². The van der Waals surface area contributed by atoms with Crippen molar-refractivity contribution in [1.29, 1.82) is 0 Å². The fraction of sp³-hybridized carbons (Fsp3) is 0.667. The average Bonchev–Trinajstić information content (AvgIpc) is 2.66. The molecule has 18 heavy (non-hydrogen) atoms. The number of carboxylic acid groups (broad SMARTS) is 1. The summed E-state index contributed by atoms with van der Waals surface area (Å²) in [7, 11) is 1.77. The summed E-state index contributed by atoms with van der Waals surface area (Å²) in [5, 5.41) is 13.1. The Labute approximate surface area is 106 Å². The number of hydrogen-bond donors (Lipinski definition) is 2. The number of carbonyl (C=O) groups is 1. The Balaban J connectivity index is 2.10. The lowest BCUT2D eigenvalue weighted by Gasteiger charge is -2.35. The number of nitrogens with zero attached hydrogens (tertiary/aromatic N) is 3.